The zero-order chi connectivity index (χ0) is 13.4. The molecule has 20 heavy (non-hydrogen) atoms. The summed E-state index contributed by atoms with van der Waals surface area (Å²) in [5.41, 5.74) is 4.82. The monoisotopic (exact) mass is 442 g/mol. The molecule has 3 heteroatoms. The number of rotatable bonds is 1. The van der Waals surface area contributed by atoms with Gasteiger partial charge in [-0.1, -0.05) is 35.9 Å². The van der Waals surface area contributed by atoms with Gasteiger partial charge in [0, 0.05) is 31.1 Å². The molecule has 0 saturated carbocycles. The van der Waals surface area contributed by atoms with Gasteiger partial charge < -0.3 is 5.11 Å². The molecule has 3 aromatic rings. The van der Waals surface area contributed by atoms with Crippen molar-refractivity contribution in [3.63, 3.8) is 0 Å². The first-order valence-electron chi connectivity index (χ1n) is 6.31. The number of nitrogens with zero attached hydrogens (tertiary/aromatic N) is 1. The second-order valence-electron chi connectivity index (χ2n) is 4.92. The molecule has 2 aromatic carbocycles. The van der Waals surface area contributed by atoms with Gasteiger partial charge in [-0.15, -0.1) is 0 Å². The van der Waals surface area contributed by atoms with Crippen LogP contribution in [0.1, 0.15) is 11.1 Å². The number of hydrogen-bond acceptors (Lipinski definition) is 2. The van der Waals surface area contributed by atoms with Crippen LogP contribution in [-0.4, -0.2) is 10.1 Å². The Bertz CT molecular complexity index is 768. The molecule has 0 unspecified atom stereocenters. The van der Waals surface area contributed by atoms with Gasteiger partial charge in [0.05, 0.1) is 5.52 Å². The van der Waals surface area contributed by atoms with Crippen LogP contribution in [0.2, 0.25) is 0 Å². The Balaban J connectivity index is 0.00000147. The molecule has 103 valence electrons. The molecule has 0 amide bonds. The number of fused-ring (bicyclic) bond motifs is 1. The summed E-state index contributed by atoms with van der Waals surface area (Å²) in [7, 11) is 0. The van der Waals surface area contributed by atoms with E-state index in [-0.39, 0.29) is 25.9 Å². The standard InChI is InChI=1S/C17H15NO.Ir/c1-11-4-3-5-14(8-11)17-16(19)10-13-7-6-12(2)9-15(13)18-17;/h3-10,19H,1-2H3;. The quantitative estimate of drug-likeness (QED) is 0.613. The molecular formula is C17H15IrNO. The second-order valence-corrected chi connectivity index (χ2v) is 4.92. The molecule has 1 radical (unpaired) electrons. The van der Waals surface area contributed by atoms with Crippen LogP contribution in [0.25, 0.3) is 22.2 Å². The van der Waals surface area contributed by atoms with Gasteiger partial charge in [-0.3, -0.25) is 0 Å². The summed E-state index contributed by atoms with van der Waals surface area (Å²) in [5.74, 6) is 0.224. The van der Waals surface area contributed by atoms with Gasteiger partial charge in [0.1, 0.15) is 11.4 Å². The fourth-order valence-corrected chi connectivity index (χ4v) is 2.27. The fraction of sp³-hybridized carbons (Fsp3) is 0.118. The van der Waals surface area contributed by atoms with E-state index in [4.69, 9.17) is 0 Å². The first-order chi connectivity index (χ1) is 9.13. The summed E-state index contributed by atoms with van der Waals surface area (Å²) in [4.78, 5) is 4.60. The maximum Gasteiger partial charge on any atom is 0.142 e. The Labute approximate surface area is 131 Å². The van der Waals surface area contributed by atoms with Gasteiger partial charge in [-0.25, -0.2) is 4.98 Å². The minimum absolute atomic E-state index is 0. The Kier molecular flexibility index (Phi) is 4.22. The summed E-state index contributed by atoms with van der Waals surface area (Å²) in [5, 5.41) is 11.1. The summed E-state index contributed by atoms with van der Waals surface area (Å²) >= 11 is 0. The average Bonchev–Trinajstić information content (AvgIpc) is 2.38. The Morgan fingerprint density at radius 2 is 1.65 bits per heavy atom. The van der Waals surface area contributed by atoms with Gasteiger partial charge >= 0.3 is 0 Å². The van der Waals surface area contributed by atoms with Gasteiger partial charge in [0.15, 0.2) is 0 Å². The summed E-state index contributed by atoms with van der Waals surface area (Å²) < 4.78 is 0. The van der Waals surface area contributed by atoms with E-state index in [9.17, 15) is 5.11 Å². The maximum atomic E-state index is 10.2. The molecular weight excluding hydrogens is 426 g/mol. The van der Waals surface area contributed by atoms with Crippen LogP contribution in [0.3, 0.4) is 0 Å². The van der Waals surface area contributed by atoms with Crippen molar-refractivity contribution in [1.29, 1.82) is 0 Å². The third-order valence-electron chi connectivity index (χ3n) is 3.24. The number of aryl methyl sites for hydroxylation is 2. The number of pyridine rings is 1. The van der Waals surface area contributed by atoms with E-state index in [0.29, 0.717) is 5.69 Å². The van der Waals surface area contributed by atoms with Crippen LogP contribution in [0.4, 0.5) is 0 Å². The van der Waals surface area contributed by atoms with E-state index in [1.165, 1.54) is 5.56 Å². The smallest absolute Gasteiger partial charge is 0.142 e. The average molecular weight is 442 g/mol. The summed E-state index contributed by atoms with van der Waals surface area (Å²) in [6.45, 7) is 4.08. The SMILES string of the molecule is Cc1cccc(-c2nc3cc(C)ccc3cc2O)c1.[Ir]. The largest absolute Gasteiger partial charge is 0.506 e. The van der Waals surface area contributed by atoms with E-state index < -0.39 is 0 Å². The summed E-state index contributed by atoms with van der Waals surface area (Å²) in [6, 6.07) is 15.8. The van der Waals surface area contributed by atoms with E-state index >= 15 is 0 Å². The van der Waals surface area contributed by atoms with Crippen molar-refractivity contribution in [3.05, 3.63) is 59.7 Å². The molecule has 0 aliphatic rings. The van der Waals surface area contributed by atoms with E-state index in [0.717, 1.165) is 22.0 Å². The fourth-order valence-electron chi connectivity index (χ4n) is 2.27. The summed E-state index contributed by atoms with van der Waals surface area (Å²) in [6.07, 6.45) is 0. The van der Waals surface area contributed by atoms with Gasteiger partial charge in [-0.2, -0.15) is 0 Å². The van der Waals surface area contributed by atoms with Crippen molar-refractivity contribution in [2.24, 2.45) is 0 Å². The van der Waals surface area contributed by atoms with Crippen molar-refractivity contribution in [2.45, 2.75) is 13.8 Å². The molecule has 2 nitrogen and oxygen atoms in total. The van der Waals surface area contributed by atoms with Crippen molar-refractivity contribution >= 4 is 10.9 Å². The van der Waals surface area contributed by atoms with Crippen molar-refractivity contribution in [3.8, 4) is 17.0 Å². The number of benzene rings is 2. The zero-order valence-corrected chi connectivity index (χ0v) is 13.7. The first kappa shape index (κ1) is 14.7. The molecule has 0 fully saturated rings. The molecule has 0 saturated heterocycles. The third-order valence-corrected chi connectivity index (χ3v) is 3.24. The van der Waals surface area contributed by atoms with Crippen LogP contribution < -0.4 is 0 Å². The Morgan fingerprint density at radius 1 is 0.900 bits per heavy atom. The van der Waals surface area contributed by atoms with Crippen LogP contribution >= 0.6 is 0 Å². The van der Waals surface area contributed by atoms with Crippen LogP contribution in [0, 0.1) is 13.8 Å². The molecule has 0 bridgehead atoms. The maximum absolute atomic E-state index is 10.2. The molecule has 3 rings (SSSR count). The Hall–Kier alpha value is -1.70. The molecule has 0 atom stereocenters. The zero-order valence-electron chi connectivity index (χ0n) is 11.3. The third kappa shape index (κ3) is 2.74. The number of aromatic nitrogens is 1. The normalized spacial score (nSPS) is 10.3. The predicted molar refractivity (Wildman–Crippen MR) is 78.3 cm³/mol. The van der Waals surface area contributed by atoms with Crippen molar-refractivity contribution in [2.75, 3.05) is 0 Å². The second kappa shape index (κ2) is 5.74. The van der Waals surface area contributed by atoms with Crippen molar-refractivity contribution in [1.82, 2.24) is 4.98 Å². The van der Waals surface area contributed by atoms with E-state index in [1.807, 2.05) is 56.3 Å². The van der Waals surface area contributed by atoms with Crippen LogP contribution in [0.15, 0.2) is 48.5 Å². The van der Waals surface area contributed by atoms with E-state index in [2.05, 4.69) is 4.98 Å². The molecule has 0 aliphatic carbocycles. The van der Waals surface area contributed by atoms with Gasteiger partial charge in [0.25, 0.3) is 0 Å². The molecule has 1 aromatic heterocycles. The van der Waals surface area contributed by atoms with Gasteiger partial charge in [-0.05, 0) is 37.6 Å². The van der Waals surface area contributed by atoms with Gasteiger partial charge in [0.2, 0.25) is 0 Å². The molecule has 1 N–H and O–H groups in total. The molecule has 1 heterocycles. The van der Waals surface area contributed by atoms with Crippen LogP contribution in [0.5, 0.6) is 5.75 Å². The topological polar surface area (TPSA) is 33.1 Å². The molecule has 0 aliphatic heterocycles. The minimum atomic E-state index is 0. The molecule has 0 spiro atoms. The number of hydrogen-bond donors (Lipinski definition) is 1. The minimum Gasteiger partial charge on any atom is -0.506 e. The van der Waals surface area contributed by atoms with E-state index in [1.54, 1.807) is 6.07 Å². The number of aromatic hydroxyl groups is 1. The Morgan fingerprint density at radius 3 is 2.40 bits per heavy atom. The van der Waals surface area contributed by atoms with Crippen molar-refractivity contribution < 1.29 is 25.2 Å². The predicted octanol–water partition coefficient (Wildman–Crippen LogP) is 4.22. The van der Waals surface area contributed by atoms with Crippen LogP contribution in [-0.2, 0) is 20.1 Å². The first-order valence-corrected chi connectivity index (χ1v) is 6.31.